The lowest BCUT2D eigenvalue weighted by Crippen LogP contribution is -2.51. The quantitative estimate of drug-likeness (QED) is 0.213. The van der Waals surface area contributed by atoms with E-state index in [1.165, 1.54) is 12.8 Å². The van der Waals surface area contributed by atoms with Gasteiger partial charge in [-0.15, -0.1) is 0 Å². The number of carboxylic acid groups (broad SMARTS) is 1. The van der Waals surface area contributed by atoms with Crippen molar-refractivity contribution >= 4 is 14.3 Å². The van der Waals surface area contributed by atoms with Crippen molar-refractivity contribution in [2.75, 3.05) is 14.1 Å². The van der Waals surface area contributed by atoms with Crippen molar-refractivity contribution in [3.8, 4) is 0 Å². The molecule has 2 heterocycles. The van der Waals surface area contributed by atoms with Crippen LogP contribution in [0.2, 0.25) is 18.1 Å². The monoisotopic (exact) mass is 555 g/mol. The van der Waals surface area contributed by atoms with E-state index >= 15 is 0 Å². The Morgan fingerprint density at radius 3 is 2.11 bits per heavy atom. The minimum atomic E-state index is -2.06. The topological polar surface area (TPSA) is 68.2 Å². The maximum absolute atomic E-state index is 11.8. The van der Waals surface area contributed by atoms with E-state index in [2.05, 4.69) is 73.6 Å². The van der Waals surface area contributed by atoms with Gasteiger partial charge in [0, 0.05) is 17.9 Å². The number of rotatable bonds is 15. The first-order chi connectivity index (χ1) is 17.7. The summed E-state index contributed by atoms with van der Waals surface area (Å²) in [4.78, 5) is 14.2. The SMILES string of the molecule is CCC[C@H](C[C@@H]1CC[C@H]([C@@H](CC)[C@H](O[Si](C)(C)C(C)(C)C)[C@H](C)[C@@H]2CC[C@H]([C@H](CC)C(=O)O)O2)O1)N(C)C. The molecule has 224 valence electrons. The number of aliphatic carboxylic acids is 1. The summed E-state index contributed by atoms with van der Waals surface area (Å²) >= 11 is 0. The summed E-state index contributed by atoms with van der Waals surface area (Å²) in [5.74, 6) is -0.684. The molecule has 2 aliphatic rings. The summed E-state index contributed by atoms with van der Waals surface area (Å²) in [6, 6.07) is 0.562. The van der Waals surface area contributed by atoms with Crippen LogP contribution < -0.4 is 0 Å². The fraction of sp³-hybridized carbons (Fsp3) is 0.968. The summed E-state index contributed by atoms with van der Waals surface area (Å²) in [5.41, 5.74) is 0. The normalized spacial score (nSPS) is 28.8. The highest BCUT2D eigenvalue weighted by Gasteiger charge is 2.48. The van der Waals surface area contributed by atoms with E-state index in [9.17, 15) is 9.90 Å². The first kappa shape index (κ1) is 33.7. The van der Waals surface area contributed by atoms with Crippen molar-refractivity contribution in [2.24, 2.45) is 17.8 Å². The summed E-state index contributed by atoms with van der Waals surface area (Å²) in [7, 11) is 2.32. The first-order valence-corrected chi connectivity index (χ1v) is 18.4. The third-order valence-corrected chi connectivity index (χ3v) is 14.5. The van der Waals surface area contributed by atoms with E-state index in [1.54, 1.807) is 0 Å². The predicted octanol–water partition coefficient (Wildman–Crippen LogP) is 7.37. The van der Waals surface area contributed by atoms with E-state index in [0.717, 1.165) is 38.5 Å². The average Bonchev–Trinajstić information content (AvgIpc) is 3.48. The van der Waals surface area contributed by atoms with Gasteiger partial charge in [-0.25, -0.2) is 0 Å². The zero-order valence-corrected chi connectivity index (χ0v) is 27.6. The van der Waals surface area contributed by atoms with Crippen LogP contribution in [0, 0.1) is 17.8 Å². The molecule has 0 radical (unpaired) electrons. The zero-order valence-electron chi connectivity index (χ0n) is 26.6. The molecule has 0 aromatic carbocycles. The number of hydrogen-bond donors (Lipinski definition) is 1. The predicted molar refractivity (Wildman–Crippen MR) is 159 cm³/mol. The lowest BCUT2D eigenvalue weighted by atomic mass is 9.82. The lowest BCUT2D eigenvalue weighted by Gasteiger charge is -2.45. The zero-order chi connectivity index (χ0) is 28.8. The highest BCUT2D eigenvalue weighted by atomic mass is 28.4. The molecule has 0 amide bonds. The molecule has 0 aromatic heterocycles. The fourth-order valence-corrected chi connectivity index (χ4v) is 7.86. The summed E-state index contributed by atoms with van der Waals surface area (Å²) in [5, 5.41) is 9.82. The Morgan fingerprint density at radius 2 is 1.61 bits per heavy atom. The van der Waals surface area contributed by atoms with Gasteiger partial charge in [0.2, 0.25) is 0 Å². The molecule has 0 bridgehead atoms. The van der Waals surface area contributed by atoms with Crippen LogP contribution in [0.5, 0.6) is 0 Å². The molecule has 2 fully saturated rings. The van der Waals surface area contributed by atoms with Gasteiger partial charge in [0.05, 0.1) is 36.4 Å². The van der Waals surface area contributed by atoms with Crippen molar-refractivity contribution < 1.29 is 23.8 Å². The molecule has 0 aliphatic carbocycles. The van der Waals surface area contributed by atoms with Crippen LogP contribution in [0.15, 0.2) is 0 Å². The van der Waals surface area contributed by atoms with Crippen LogP contribution in [-0.4, -0.2) is 75.0 Å². The van der Waals surface area contributed by atoms with E-state index in [4.69, 9.17) is 13.9 Å². The third-order valence-electron chi connectivity index (χ3n) is 10.0. The molecule has 0 aromatic rings. The van der Waals surface area contributed by atoms with Crippen molar-refractivity contribution in [2.45, 2.75) is 161 Å². The Hall–Kier alpha value is -0.473. The Balaban J connectivity index is 2.25. The van der Waals surface area contributed by atoms with Crippen molar-refractivity contribution in [3.63, 3.8) is 0 Å². The lowest BCUT2D eigenvalue weighted by molar-refractivity contribution is -0.148. The summed E-state index contributed by atoms with van der Waals surface area (Å²) < 4.78 is 20.6. The standard InChI is InChI=1S/C31H61NO5Si/c1-12-15-22(32(8)9)20-23-16-17-27(35-23)24(13-2)29(37-38(10,11)31(5,6)7)21(4)26-18-19-28(36-26)25(14-3)30(33)34/h21-29H,12-20H2,1-11H3,(H,33,34)/t21-,22-,23+,24-,25+,26+,27-,28-,29-/m1/s1. The molecular formula is C31H61NO5Si. The van der Waals surface area contributed by atoms with E-state index in [0.29, 0.717) is 24.5 Å². The highest BCUT2D eigenvalue weighted by molar-refractivity contribution is 6.74. The Kier molecular flexibility index (Phi) is 12.8. The molecule has 1 N–H and O–H groups in total. The summed E-state index contributed by atoms with van der Waals surface area (Å²) in [6.45, 7) is 20.4. The van der Waals surface area contributed by atoms with Gasteiger partial charge < -0.3 is 23.9 Å². The maximum atomic E-state index is 11.8. The number of hydrogen-bond acceptors (Lipinski definition) is 5. The summed E-state index contributed by atoms with van der Waals surface area (Å²) in [6.07, 6.45) is 9.41. The van der Waals surface area contributed by atoms with Crippen LogP contribution in [-0.2, 0) is 18.7 Å². The van der Waals surface area contributed by atoms with Gasteiger partial charge in [-0.2, -0.15) is 0 Å². The van der Waals surface area contributed by atoms with Gasteiger partial charge in [-0.05, 0) is 83.6 Å². The van der Waals surface area contributed by atoms with E-state index in [-0.39, 0.29) is 35.4 Å². The van der Waals surface area contributed by atoms with Gasteiger partial charge in [-0.1, -0.05) is 54.9 Å². The molecule has 0 saturated carbocycles. The highest BCUT2D eigenvalue weighted by Crippen LogP contribution is 2.44. The van der Waals surface area contributed by atoms with Gasteiger partial charge >= 0.3 is 5.97 Å². The van der Waals surface area contributed by atoms with Crippen molar-refractivity contribution in [3.05, 3.63) is 0 Å². The molecule has 0 spiro atoms. The molecule has 38 heavy (non-hydrogen) atoms. The number of carbonyl (C=O) groups is 1. The van der Waals surface area contributed by atoms with Crippen LogP contribution in [0.25, 0.3) is 0 Å². The second-order valence-corrected chi connectivity index (χ2v) is 18.7. The molecule has 9 atom stereocenters. The smallest absolute Gasteiger partial charge is 0.309 e. The van der Waals surface area contributed by atoms with Crippen LogP contribution in [0.4, 0.5) is 0 Å². The number of carboxylic acids is 1. The maximum Gasteiger partial charge on any atom is 0.309 e. The van der Waals surface area contributed by atoms with Gasteiger partial charge in [0.1, 0.15) is 0 Å². The van der Waals surface area contributed by atoms with Gasteiger partial charge in [0.15, 0.2) is 8.32 Å². The van der Waals surface area contributed by atoms with Crippen LogP contribution in [0.1, 0.15) is 106 Å². The molecule has 7 heteroatoms. The van der Waals surface area contributed by atoms with Gasteiger partial charge in [-0.3, -0.25) is 4.79 Å². The second-order valence-electron chi connectivity index (χ2n) is 13.9. The Bertz CT molecular complexity index is 724. The molecule has 0 unspecified atom stereocenters. The molecule has 6 nitrogen and oxygen atoms in total. The third kappa shape index (κ3) is 8.51. The van der Waals surface area contributed by atoms with Crippen LogP contribution in [0.3, 0.4) is 0 Å². The Morgan fingerprint density at radius 1 is 1.00 bits per heavy atom. The molecular weight excluding hydrogens is 494 g/mol. The second kappa shape index (κ2) is 14.4. The Labute approximate surface area is 235 Å². The van der Waals surface area contributed by atoms with Gasteiger partial charge in [0.25, 0.3) is 0 Å². The number of ether oxygens (including phenoxy) is 2. The minimum Gasteiger partial charge on any atom is -0.481 e. The minimum absolute atomic E-state index is 0.0251. The van der Waals surface area contributed by atoms with E-state index in [1.807, 2.05) is 6.92 Å². The largest absolute Gasteiger partial charge is 0.481 e. The van der Waals surface area contributed by atoms with Crippen LogP contribution >= 0.6 is 0 Å². The average molecular weight is 556 g/mol. The molecule has 2 aliphatic heterocycles. The first-order valence-electron chi connectivity index (χ1n) is 15.5. The van der Waals surface area contributed by atoms with E-state index < -0.39 is 20.2 Å². The molecule has 2 rings (SSSR count). The fourth-order valence-electron chi connectivity index (χ4n) is 6.43. The van der Waals surface area contributed by atoms with Crippen molar-refractivity contribution in [1.82, 2.24) is 4.90 Å². The molecule has 2 saturated heterocycles. The van der Waals surface area contributed by atoms with Crippen molar-refractivity contribution in [1.29, 1.82) is 0 Å². The number of nitrogens with zero attached hydrogens (tertiary/aromatic N) is 1.